The summed E-state index contributed by atoms with van der Waals surface area (Å²) in [6.07, 6.45) is -1.76. The first-order chi connectivity index (χ1) is 9.49. The van der Waals surface area contributed by atoms with Crippen molar-refractivity contribution in [2.75, 3.05) is 13.6 Å². The van der Waals surface area contributed by atoms with Gasteiger partial charge in [-0.2, -0.15) is 13.2 Å². The summed E-state index contributed by atoms with van der Waals surface area (Å²) in [7, 11) is 1.83. The van der Waals surface area contributed by atoms with Gasteiger partial charge in [0.1, 0.15) is 5.76 Å². The van der Waals surface area contributed by atoms with E-state index in [0.29, 0.717) is 17.9 Å². The Balaban J connectivity index is 2.08. The van der Waals surface area contributed by atoms with Gasteiger partial charge in [0.15, 0.2) is 5.89 Å². The Morgan fingerprint density at radius 3 is 2.80 bits per heavy atom. The molecule has 0 fully saturated rings. The van der Waals surface area contributed by atoms with Crippen molar-refractivity contribution in [2.45, 2.75) is 19.0 Å². The summed E-state index contributed by atoms with van der Waals surface area (Å²) in [4.78, 5) is 4.08. The van der Waals surface area contributed by atoms with E-state index in [1.54, 1.807) is 12.3 Å². The molecule has 0 unspecified atom stereocenters. The molecule has 0 spiro atoms. The molecule has 2 rings (SSSR count). The predicted octanol–water partition coefficient (Wildman–Crippen LogP) is 3.05. The zero-order chi connectivity index (χ0) is 14.6. The first kappa shape index (κ1) is 14.6. The van der Waals surface area contributed by atoms with Gasteiger partial charge in [-0.15, -0.1) is 0 Å². The van der Waals surface area contributed by atoms with Crippen LogP contribution >= 0.6 is 0 Å². The third-order valence-corrected chi connectivity index (χ3v) is 2.83. The number of aromatic nitrogens is 1. The molecule has 0 aliphatic carbocycles. The molecular formula is C14H15F3N2O. The van der Waals surface area contributed by atoms with Crippen LogP contribution < -0.4 is 5.32 Å². The second-order valence-electron chi connectivity index (χ2n) is 4.45. The quantitative estimate of drug-likeness (QED) is 0.917. The molecule has 6 heteroatoms. The summed E-state index contributed by atoms with van der Waals surface area (Å²) >= 11 is 0. The largest absolute Gasteiger partial charge is 0.445 e. The van der Waals surface area contributed by atoms with Crippen LogP contribution in [-0.2, 0) is 19.0 Å². The lowest BCUT2D eigenvalue weighted by Gasteiger charge is -2.07. The van der Waals surface area contributed by atoms with Crippen molar-refractivity contribution in [1.29, 1.82) is 0 Å². The highest BCUT2D eigenvalue weighted by atomic mass is 19.4. The van der Waals surface area contributed by atoms with E-state index in [1.807, 2.05) is 7.05 Å². The minimum Gasteiger partial charge on any atom is -0.445 e. The standard InChI is InChI=1S/C14H15F3N2O/c1-18-6-5-12-9-19-13(20-12)8-10-3-2-4-11(7-10)14(15,16)17/h2-4,7,9,18H,5-6,8H2,1H3. The van der Waals surface area contributed by atoms with Crippen LogP contribution in [0.5, 0.6) is 0 Å². The Hall–Kier alpha value is -1.82. The van der Waals surface area contributed by atoms with E-state index in [-0.39, 0.29) is 6.42 Å². The van der Waals surface area contributed by atoms with Crippen LogP contribution in [-0.4, -0.2) is 18.6 Å². The van der Waals surface area contributed by atoms with Gasteiger partial charge in [-0.05, 0) is 18.7 Å². The third kappa shape index (κ3) is 3.84. The SMILES string of the molecule is CNCCc1cnc(Cc2cccc(C(F)(F)F)c2)o1. The molecule has 1 heterocycles. The zero-order valence-electron chi connectivity index (χ0n) is 11.0. The molecule has 0 amide bonds. The second-order valence-corrected chi connectivity index (χ2v) is 4.45. The smallest absolute Gasteiger partial charge is 0.416 e. The number of halogens is 3. The van der Waals surface area contributed by atoms with Crippen LogP contribution in [0.1, 0.15) is 22.8 Å². The summed E-state index contributed by atoms with van der Waals surface area (Å²) < 4.78 is 43.3. The molecule has 1 aromatic heterocycles. The third-order valence-electron chi connectivity index (χ3n) is 2.83. The van der Waals surface area contributed by atoms with Gasteiger partial charge in [0, 0.05) is 19.4 Å². The molecular weight excluding hydrogens is 269 g/mol. The van der Waals surface area contributed by atoms with E-state index in [9.17, 15) is 13.2 Å². The maximum Gasteiger partial charge on any atom is 0.416 e. The monoisotopic (exact) mass is 284 g/mol. The van der Waals surface area contributed by atoms with Crippen LogP contribution in [0.2, 0.25) is 0 Å². The van der Waals surface area contributed by atoms with Crippen molar-refractivity contribution in [3.05, 3.63) is 53.2 Å². The fourth-order valence-corrected chi connectivity index (χ4v) is 1.83. The van der Waals surface area contributed by atoms with Crippen LogP contribution in [0, 0.1) is 0 Å². The van der Waals surface area contributed by atoms with E-state index in [4.69, 9.17) is 4.42 Å². The Kier molecular flexibility index (Phi) is 4.44. The van der Waals surface area contributed by atoms with Gasteiger partial charge in [-0.3, -0.25) is 0 Å². The summed E-state index contributed by atoms with van der Waals surface area (Å²) in [5, 5.41) is 2.99. The highest BCUT2D eigenvalue weighted by Crippen LogP contribution is 2.29. The molecule has 0 radical (unpaired) electrons. The summed E-state index contributed by atoms with van der Waals surface area (Å²) in [6.45, 7) is 0.762. The molecule has 0 aliphatic heterocycles. The predicted molar refractivity (Wildman–Crippen MR) is 68.4 cm³/mol. The lowest BCUT2D eigenvalue weighted by molar-refractivity contribution is -0.137. The topological polar surface area (TPSA) is 38.1 Å². The van der Waals surface area contributed by atoms with Crippen molar-refractivity contribution >= 4 is 0 Å². The number of likely N-dealkylation sites (N-methyl/N-ethyl adjacent to an activating group) is 1. The molecule has 1 N–H and O–H groups in total. The molecule has 108 valence electrons. The van der Waals surface area contributed by atoms with Crippen LogP contribution in [0.3, 0.4) is 0 Å². The molecule has 0 saturated carbocycles. The number of alkyl halides is 3. The summed E-state index contributed by atoms with van der Waals surface area (Å²) in [5.41, 5.74) is -0.126. The highest BCUT2D eigenvalue weighted by molar-refractivity contribution is 5.27. The number of rotatable bonds is 5. The molecule has 0 bridgehead atoms. The molecule has 3 nitrogen and oxygen atoms in total. The minimum atomic E-state index is -4.33. The van der Waals surface area contributed by atoms with Crippen molar-refractivity contribution < 1.29 is 17.6 Å². The van der Waals surface area contributed by atoms with Crippen molar-refractivity contribution in [2.24, 2.45) is 0 Å². The number of oxazole rings is 1. The molecule has 1 aromatic carbocycles. The maximum absolute atomic E-state index is 12.6. The molecule has 2 aromatic rings. The van der Waals surface area contributed by atoms with Gasteiger partial charge in [0.25, 0.3) is 0 Å². The first-order valence-corrected chi connectivity index (χ1v) is 6.23. The van der Waals surface area contributed by atoms with Gasteiger partial charge < -0.3 is 9.73 Å². The number of nitrogens with one attached hydrogen (secondary N) is 1. The Morgan fingerprint density at radius 1 is 1.30 bits per heavy atom. The van der Waals surface area contributed by atoms with Gasteiger partial charge in [-0.25, -0.2) is 4.98 Å². The second kappa shape index (κ2) is 6.09. The number of benzene rings is 1. The normalized spacial score (nSPS) is 11.8. The number of nitrogens with zero attached hydrogens (tertiary/aromatic N) is 1. The van der Waals surface area contributed by atoms with Crippen LogP contribution in [0.25, 0.3) is 0 Å². The van der Waals surface area contributed by atoms with E-state index in [0.717, 1.165) is 24.4 Å². The van der Waals surface area contributed by atoms with Crippen molar-refractivity contribution in [3.63, 3.8) is 0 Å². The average molecular weight is 284 g/mol. The van der Waals surface area contributed by atoms with E-state index >= 15 is 0 Å². The number of hydrogen-bond donors (Lipinski definition) is 1. The summed E-state index contributed by atoms with van der Waals surface area (Å²) in [5.74, 6) is 1.15. The highest BCUT2D eigenvalue weighted by Gasteiger charge is 2.30. The van der Waals surface area contributed by atoms with Crippen LogP contribution in [0.4, 0.5) is 13.2 Å². The average Bonchev–Trinajstić information content (AvgIpc) is 2.83. The maximum atomic E-state index is 12.6. The van der Waals surface area contributed by atoms with Gasteiger partial charge in [0.2, 0.25) is 0 Å². The lowest BCUT2D eigenvalue weighted by Crippen LogP contribution is -2.09. The fourth-order valence-electron chi connectivity index (χ4n) is 1.83. The van der Waals surface area contributed by atoms with Crippen molar-refractivity contribution in [1.82, 2.24) is 10.3 Å². The first-order valence-electron chi connectivity index (χ1n) is 6.23. The Morgan fingerprint density at radius 2 is 2.10 bits per heavy atom. The summed E-state index contributed by atoms with van der Waals surface area (Å²) in [6, 6.07) is 5.20. The molecule has 0 atom stereocenters. The zero-order valence-corrected chi connectivity index (χ0v) is 11.0. The molecule has 0 aliphatic rings. The van der Waals surface area contributed by atoms with E-state index < -0.39 is 11.7 Å². The van der Waals surface area contributed by atoms with E-state index in [1.165, 1.54) is 6.07 Å². The number of hydrogen-bond acceptors (Lipinski definition) is 3. The fraction of sp³-hybridized carbons (Fsp3) is 0.357. The van der Waals surface area contributed by atoms with Gasteiger partial charge >= 0.3 is 6.18 Å². The lowest BCUT2D eigenvalue weighted by atomic mass is 10.1. The van der Waals surface area contributed by atoms with Crippen molar-refractivity contribution in [3.8, 4) is 0 Å². The van der Waals surface area contributed by atoms with Crippen LogP contribution in [0.15, 0.2) is 34.9 Å². The van der Waals surface area contributed by atoms with Gasteiger partial charge in [0.05, 0.1) is 11.8 Å². The molecule has 0 saturated heterocycles. The van der Waals surface area contributed by atoms with Gasteiger partial charge in [-0.1, -0.05) is 18.2 Å². The Bertz CT molecular complexity index is 564. The Labute approximate surface area is 114 Å². The van der Waals surface area contributed by atoms with E-state index in [2.05, 4.69) is 10.3 Å². The minimum absolute atomic E-state index is 0.253. The molecule has 20 heavy (non-hydrogen) atoms.